The SMILES string of the molecule is CCc1cccc(CC)c1NC(=O)c1ccn2c1CCc1cnc(Nc3ccc(N4CCOCC4)cc3C)nc1-2. The first-order valence-corrected chi connectivity index (χ1v) is 14.2. The molecule has 0 saturated carbocycles. The van der Waals surface area contributed by atoms with Crippen LogP contribution in [0.15, 0.2) is 54.9 Å². The quantitative estimate of drug-likeness (QED) is 0.318. The minimum atomic E-state index is -0.0730. The number of para-hydroxylation sites is 1. The zero-order valence-electron chi connectivity index (χ0n) is 23.5. The summed E-state index contributed by atoms with van der Waals surface area (Å²) in [4.78, 5) is 25.4. The number of hydrogen-bond donors (Lipinski definition) is 2. The number of morpholine rings is 1. The van der Waals surface area contributed by atoms with Crippen LogP contribution < -0.4 is 15.5 Å². The van der Waals surface area contributed by atoms with Crippen LogP contribution in [0.2, 0.25) is 0 Å². The van der Waals surface area contributed by atoms with Gasteiger partial charge in [-0.15, -0.1) is 0 Å². The van der Waals surface area contributed by atoms with Crippen molar-refractivity contribution in [1.82, 2.24) is 14.5 Å². The van der Waals surface area contributed by atoms with E-state index in [9.17, 15) is 4.79 Å². The molecule has 0 spiro atoms. The predicted molar refractivity (Wildman–Crippen MR) is 159 cm³/mol. The number of amides is 1. The van der Waals surface area contributed by atoms with Crippen LogP contribution in [-0.2, 0) is 30.4 Å². The number of nitrogens with one attached hydrogen (secondary N) is 2. The molecule has 0 atom stereocenters. The van der Waals surface area contributed by atoms with E-state index in [1.807, 2.05) is 23.0 Å². The smallest absolute Gasteiger partial charge is 0.257 e. The van der Waals surface area contributed by atoms with Crippen molar-refractivity contribution in [3.8, 4) is 5.82 Å². The monoisotopic (exact) mass is 536 g/mol. The summed E-state index contributed by atoms with van der Waals surface area (Å²) in [5.41, 5.74) is 9.31. The van der Waals surface area contributed by atoms with Gasteiger partial charge in [-0.05, 0) is 73.6 Å². The average molecular weight is 537 g/mol. The maximum Gasteiger partial charge on any atom is 0.257 e. The number of anilines is 4. The summed E-state index contributed by atoms with van der Waals surface area (Å²) >= 11 is 0. The molecule has 0 radical (unpaired) electrons. The zero-order chi connectivity index (χ0) is 27.6. The Kier molecular flexibility index (Phi) is 7.26. The lowest BCUT2D eigenvalue weighted by Gasteiger charge is -2.29. The Bertz CT molecular complexity index is 1530. The fourth-order valence-electron chi connectivity index (χ4n) is 5.73. The highest BCUT2D eigenvalue weighted by Crippen LogP contribution is 2.30. The third kappa shape index (κ3) is 4.95. The van der Waals surface area contributed by atoms with Gasteiger partial charge in [-0.3, -0.25) is 4.79 Å². The van der Waals surface area contributed by atoms with Crippen molar-refractivity contribution in [3.05, 3.63) is 88.4 Å². The fraction of sp³-hybridized carbons (Fsp3) is 0.344. The van der Waals surface area contributed by atoms with Crippen LogP contribution in [0.3, 0.4) is 0 Å². The van der Waals surface area contributed by atoms with Gasteiger partial charge in [-0.2, -0.15) is 4.98 Å². The molecule has 40 heavy (non-hydrogen) atoms. The zero-order valence-corrected chi connectivity index (χ0v) is 23.5. The Labute approximate surface area is 235 Å². The number of aromatic nitrogens is 3. The molecule has 0 aliphatic carbocycles. The number of hydrogen-bond acceptors (Lipinski definition) is 6. The van der Waals surface area contributed by atoms with Gasteiger partial charge in [-0.1, -0.05) is 32.0 Å². The second-order valence-corrected chi connectivity index (χ2v) is 10.4. The number of aryl methyl sites for hydroxylation is 4. The highest BCUT2D eigenvalue weighted by atomic mass is 16.5. The third-order valence-electron chi connectivity index (χ3n) is 8.01. The van der Waals surface area contributed by atoms with Gasteiger partial charge >= 0.3 is 0 Å². The van der Waals surface area contributed by atoms with Crippen LogP contribution in [0.25, 0.3) is 5.82 Å². The number of rotatable bonds is 7. The average Bonchev–Trinajstić information content (AvgIpc) is 3.44. The predicted octanol–water partition coefficient (Wildman–Crippen LogP) is 5.63. The molecular weight excluding hydrogens is 500 g/mol. The van der Waals surface area contributed by atoms with Crippen molar-refractivity contribution in [2.24, 2.45) is 0 Å². The van der Waals surface area contributed by atoms with Crippen LogP contribution in [0.1, 0.15) is 52.2 Å². The number of benzene rings is 2. The van der Waals surface area contributed by atoms with Crippen molar-refractivity contribution >= 4 is 28.9 Å². The molecular formula is C32H36N6O2. The van der Waals surface area contributed by atoms with E-state index < -0.39 is 0 Å². The summed E-state index contributed by atoms with van der Waals surface area (Å²) in [6.07, 6.45) is 7.14. The largest absolute Gasteiger partial charge is 0.378 e. The topological polar surface area (TPSA) is 84.3 Å². The maximum absolute atomic E-state index is 13.5. The highest BCUT2D eigenvalue weighted by Gasteiger charge is 2.25. The Hall–Kier alpha value is -4.17. The van der Waals surface area contributed by atoms with E-state index in [1.54, 1.807) is 0 Å². The van der Waals surface area contributed by atoms with Crippen molar-refractivity contribution in [3.63, 3.8) is 0 Å². The molecule has 1 amide bonds. The van der Waals surface area contributed by atoms with Gasteiger partial charge < -0.3 is 24.8 Å². The lowest BCUT2D eigenvalue weighted by molar-refractivity contribution is 0.102. The third-order valence-corrected chi connectivity index (χ3v) is 8.01. The Morgan fingerprint density at radius 2 is 1.80 bits per heavy atom. The van der Waals surface area contributed by atoms with E-state index in [2.05, 4.69) is 77.7 Å². The van der Waals surface area contributed by atoms with Crippen LogP contribution in [-0.4, -0.2) is 46.7 Å². The van der Waals surface area contributed by atoms with Gasteiger partial charge in [-0.25, -0.2) is 4.98 Å². The minimum Gasteiger partial charge on any atom is -0.378 e. The van der Waals surface area contributed by atoms with E-state index in [1.165, 1.54) is 5.69 Å². The number of nitrogens with zero attached hydrogens (tertiary/aromatic N) is 4. The standard InChI is InChI=1S/C32H36N6O2/c1-4-22-7-6-8-23(5-2)29(22)35-31(39)26-13-14-38-28(26)12-9-24-20-33-32(36-30(24)38)34-27-11-10-25(19-21(27)3)37-15-17-40-18-16-37/h6-8,10-11,13-14,19-20H,4-5,9,12,15-18H2,1-3H3,(H,35,39)(H,33,34,36). The van der Waals surface area contributed by atoms with Crippen LogP contribution in [0.5, 0.6) is 0 Å². The van der Waals surface area contributed by atoms with Crippen molar-refractivity contribution < 1.29 is 9.53 Å². The van der Waals surface area contributed by atoms with E-state index >= 15 is 0 Å². The molecule has 206 valence electrons. The molecule has 0 bridgehead atoms. The molecule has 1 fully saturated rings. The second-order valence-electron chi connectivity index (χ2n) is 10.4. The van der Waals surface area contributed by atoms with E-state index in [0.29, 0.717) is 11.5 Å². The summed E-state index contributed by atoms with van der Waals surface area (Å²) in [7, 11) is 0. The molecule has 2 aromatic carbocycles. The van der Waals surface area contributed by atoms with Crippen molar-refractivity contribution in [2.45, 2.75) is 46.5 Å². The normalized spacial score (nSPS) is 14.4. The first kappa shape index (κ1) is 26.1. The van der Waals surface area contributed by atoms with Crippen molar-refractivity contribution in [1.29, 1.82) is 0 Å². The van der Waals surface area contributed by atoms with Gasteiger partial charge in [0.1, 0.15) is 5.82 Å². The van der Waals surface area contributed by atoms with Crippen LogP contribution in [0.4, 0.5) is 23.0 Å². The van der Waals surface area contributed by atoms with Gasteiger partial charge in [0.15, 0.2) is 0 Å². The number of fused-ring (bicyclic) bond motifs is 3. The van der Waals surface area contributed by atoms with E-state index in [4.69, 9.17) is 9.72 Å². The van der Waals surface area contributed by atoms with Crippen LogP contribution >= 0.6 is 0 Å². The maximum atomic E-state index is 13.5. The van der Waals surface area contributed by atoms with Crippen molar-refractivity contribution in [2.75, 3.05) is 41.8 Å². The lowest BCUT2D eigenvalue weighted by atomic mass is 10.0. The Balaban J connectivity index is 1.24. The molecule has 8 heteroatoms. The molecule has 1 saturated heterocycles. The van der Waals surface area contributed by atoms with E-state index in [0.717, 1.165) is 97.1 Å². The van der Waals surface area contributed by atoms with Crippen LogP contribution in [0, 0.1) is 6.92 Å². The molecule has 2 aromatic heterocycles. The molecule has 0 unspecified atom stereocenters. The molecule has 6 rings (SSSR count). The summed E-state index contributed by atoms with van der Waals surface area (Å²) in [6, 6.07) is 14.6. The molecule has 4 aromatic rings. The number of carbonyl (C=O) groups excluding carboxylic acids is 1. The molecule has 4 heterocycles. The van der Waals surface area contributed by atoms with Gasteiger partial charge in [0.25, 0.3) is 5.91 Å². The highest BCUT2D eigenvalue weighted by molar-refractivity contribution is 6.06. The first-order valence-electron chi connectivity index (χ1n) is 14.2. The Morgan fingerprint density at radius 1 is 1.02 bits per heavy atom. The van der Waals surface area contributed by atoms with E-state index in [-0.39, 0.29) is 5.91 Å². The Morgan fingerprint density at radius 3 is 2.52 bits per heavy atom. The number of ether oxygens (including phenoxy) is 1. The van der Waals surface area contributed by atoms with Gasteiger partial charge in [0.2, 0.25) is 5.95 Å². The van der Waals surface area contributed by atoms with Gasteiger partial charge in [0.05, 0.1) is 18.8 Å². The summed E-state index contributed by atoms with van der Waals surface area (Å²) in [5, 5.41) is 6.64. The molecule has 2 aliphatic heterocycles. The number of carbonyl (C=O) groups is 1. The summed E-state index contributed by atoms with van der Waals surface area (Å²) < 4.78 is 7.53. The fourth-order valence-corrected chi connectivity index (χ4v) is 5.73. The van der Waals surface area contributed by atoms with Gasteiger partial charge in [0, 0.05) is 53.8 Å². The molecule has 2 N–H and O–H groups in total. The summed E-state index contributed by atoms with van der Waals surface area (Å²) in [6.45, 7) is 9.67. The second kappa shape index (κ2) is 11.1. The molecule has 8 nitrogen and oxygen atoms in total. The first-order chi connectivity index (χ1) is 19.6. The minimum absolute atomic E-state index is 0.0730. The molecule has 2 aliphatic rings. The lowest BCUT2D eigenvalue weighted by Crippen LogP contribution is -2.36. The summed E-state index contributed by atoms with van der Waals surface area (Å²) in [5.74, 6) is 1.29.